The highest BCUT2D eigenvalue weighted by molar-refractivity contribution is 7.99. The summed E-state index contributed by atoms with van der Waals surface area (Å²) in [5, 5.41) is 0.661. The Hall–Kier alpha value is -1.26. The molecule has 17 heavy (non-hydrogen) atoms. The van der Waals surface area contributed by atoms with Crippen LogP contribution in [0.3, 0.4) is 0 Å². The molecule has 1 aromatic carbocycles. The fourth-order valence-electron chi connectivity index (χ4n) is 1.33. The molecule has 0 unspecified atom stereocenters. The maximum atomic E-state index is 11.3. The Kier molecular flexibility index (Phi) is 3.54. The number of nitrogens with one attached hydrogen (secondary N) is 1. The van der Waals surface area contributed by atoms with Crippen LogP contribution in [0.2, 0.25) is 5.02 Å². The topological polar surface area (TPSA) is 45.8 Å². The Bertz CT molecular complexity index is 610. The summed E-state index contributed by atoms with van der Waals surface area (Å²) in [4.78, 5) is 18.8. The molecule has 2 aromatic rings. The van der Waals surface area contributed by atoms with E-state index in [0.29, 0.717) is 5.03 Å². The van der Waals surface area contributed by atoms with E-state index in [0.717, 1.165) is 4.90 Å². The van der Waals surface area contributed by atoms with Crippen molar-refractivity contribution in [3.63, 3.8) is 0 Å². The highest BCUT2D eigenvalue weighted by Gasteiger charge is 2.08. The van der Waals surface area contributed by atoms with E-state index in [1.807, 2.05) is 19.1 Å². The molecule has 0 spiro atoms. The highest BCUT2D eigenvalue weighted by Crippen LogP contribution is 2.30. The molecular formula is C12H11ClN2OS. The Balaban J connectivity index is 2.35. The fourth-order valence-corrected chi connectivity index (χ4v) is 2.43. The first-order valence-corrected chi connectivity index (χ1v) is 6.25. The molecule has 0 fully saturated rings. The van der Waals surface area contributed by atoms with Crippen molar-refractivity contribution in [3.05, 3.63) is 51.0 Å². The summed E-state index contributed by atoms with van der Waals surface area (Å²) < 4.78 is 0. The minimum absolute atomic E-state index is 0.135. The van der Waals surface area contributed by atoms with Gasteiger partial charge in [0.1, 0.15) is 10.0 Å². The number of aromatic amines is 1. The van der Waals surface area contributed by atoms with Crippen molar-refractivity contribution in [2.75, 3.05) is 0 Å². The molecule has 0 saturated heterocycles. The minimum atomic E-state index is -0.312. The third kappa shape index (κ3) is 2.70. The lowest BCUT2D eigenvalue weighted by atomic mass is 10.1. The molecule has 0 atom stereocenters. The molecule has 0 radical (unpaired) electrons. The second-order valence-electron chi connectivity index (χ2n) is 3.70. The number of nitrogens with zero attached hydrogens (tertiary/aromatic N) is 1. The number of aromatic nitrogens is 2. The standard InChI is InChI=1S/C12H11ClN2OS/c1-7-3-4-9(5-8(7)2)17-12-10(13)11(16)14-6-15-12/h3-6H,1-2H3,(H,14,15,16). The zero-order valence-corrected chi connectivity index (χ0v) is 11.0. The molecule has 2 rings (SSSR count). The van der Waals surface area contributed by atoms with Gasteiger partial charge < -0.3 is 4.98 Å². The number of aryl methyl sites for hydroxylation is 2. The Morgan fingerprint density at radius 2 is 2.06 bits per heavy atom. The van der Waals surface area contributed by atoms with E-state index in [1.54, 1.807) is 0 Å². The smallest absolute Gasteiger partial charge is 0.270 e. The van der Waals surface area contributed by atoms with Gasteiger partial charge in [0.05, 0.1) is 6.33 Å². The number of halogens is 1. The molecule has 1 N–H and O–H groups in total. The predicted octanol–water partition coefficient (Wildman–Crippen LogP) is 3.19. The lowest BCUT2D eigenvalue weighted by Crippen LogP contribution is -2.07. The van der Waals surface area contributed by atoms with Crippen molar-refractivity contribution in [2.24, 2.45) is 0 Å². The van der Waals surface area contributed by atoms with Crippen LogP contribution in [0.4, 0.5) is 0 Å². The summed E-state index contributed by atoms with van der Waals surface area (Å²) in [7, 11) is 0. The molecule has 1 heterocycles. The van der Waals surface area contributed by atoms with Gasteiger partial charge in [0, 0.05) is 4.90 Å². The van der Waals surface area contributed by atoms with Crippen LogP contribution in [0, 0.1) is 13.8 Å². The van der Waals surface area contributed by atoms with Crippen molar-refractivity contribution in [1.29, 1.82) is 0 Å². The number of hydrogen-bond donors (Lipinski definition) is 1. The van der Waals surface area contributed by atoms with Crippen LogP contribution >= 0.6 is 23.4 Å². The lowest BCUT2D eigenvalue weighted by molar-refractivity contribution is 1.01. The highest BCUT2D eigenvalue weighted by atomic mass is 35.5. The Morgan fingerprint density at radius 1 is 1.29 bits per heavy atom. The maximum Gasteiger partial charge on any atom is 0.270 e. The van der Waals surface area contributed by atoms with Crippen LogP contribution in [-0.4, -0.2) is 9.97 Å². The second-order valence-corrected chi connectivity index (χ2v) is 5.14. The monoisotopic (exact) mass is 266 g/mol. The quantitative estimate of drug-likeness (QED) is 0.849. The molecule has 0 amide bonds. The molecule has 0 bridgehead atoms. The number of H-pyrrole nitrogens is 1. The summed E-state index contributed by atoms with van der Waals surface area (Å²) in [6.45, 7) is 4.11. The van der Waals surface area contributed by atoms with E-state index >= 15 is 0 Å². The third-order valence-electron chi connectivity index (χ3n) is 2.46. The van der Waals surface area contributed by atoms with Crippen LogP contribution in [0.1, 0.15) is 11.1 Å². The van der Waals surface area contributed by atoms with E-state index in [4.69, 9.17) is 11.6 Å². The summed E-state index contributed by atoms with van der Waals surface area (Å²) >= 11 is 7.28. The van der Waals surface area contributed by atoms with E-state index in [9.17, 15) is 4.79 Å². The average molecular weight is 267 g/mol. The normalized spacial score (nSPS) is 10.5. The van der Waals surface area contributed by atoms with Crippen molar-refractivity contribution < 1.29 is 0 Å². The zero-order valence-electron chi connectivity index (χ0n) is 9.45. The molecule has 0 aliphatic heterocycles. The van der Waals surface area contributed by atoms with Crippen LogP contribution in [0.5, 0.6) is 0 Å². The van der Waals surface area contributed by atoms with Crippen LogP contribution in [0.25, 0.3) is 0 Å². The number of rotatable bonds is 2. The third-order valence-corrected chi connectivity index (χ3v) is 3.91. The Labute approximate surface area is 108 Å². The van der Waals surface area contributed by atoms with Gasteiger partial charge >= 0.3 is 0 Å². The van der Waals surface area contributed by atoms with E-state index in [2.05, 4.69) is 23.0 Å². The largest absolute Gasteiger partial charge is 0.312 e. The maximum absolute atomic E-state index is 11.3. The first-order chi connectivity index (χ1) is 8.08. The van der Waals surface area contributed by atoms with Crippen molar-refractivity contribution in [3.8, 4) is 0 Å². The summed E-state index contributed by atoms with van der Waals surface area (Å²) in [6.07, 6.45) is 1.36. The lowest BCUT2D eigenvalue weighted by Gasteiger charge is -2.05. The van der Waals surface area contributed by atoms with E-state index < -0.39 is 0 Å². The molecule has 0 saturated carbocycles. The molecular weight excluding hydrogens is 256 g/mol. The fraction of sp³-hybridized carbons (Fsp3) is 0.167. The summed E-state index contributed by atoms with van der Waals surface area (Å²) in [6, 6.07) is 6.09. The average Bonchev–Trinajstić information content (AvgIpc) is 2.30. The molecule has 0 aliphatic rings. The van der Waals surface area contributed by atoms with Crippen molar-refractivity contribution in [1.82, 2.24) is 9.97 Å². The molecule has 0 aliphatic carbocycles. The SMILES string of the molecule is Cc1ccc(Sc2nc[nH]c(=O)c2Cl)cc1C. The van der Waals surface area contributed by atoms with Crippen LogP contribution in [-0.2, 0) is 0 Å². The first-order valence-electron chi connectivity index (χ1n) is 5.06. The van der Waals surface area contributed by atoms with Gasteiger partial charge in [-0.05, 0) is 37.1 Å². The van der Waals surface area contributed by atoms with Gasteiger partial charge in [0.15, 0.2) is 0 Å². The van der Waals surface area contributed by atoms with Gasteiger partial charge in [-0.3, -0.25) is 4.79 Å². The molecule has 1 aromatic heterocycles. The Morgan fingerprint density at radius 3 is 2.76 bits per heavy atom. The van der Waals surface area contributed by atoms with Gasteiger partial charge in [-0.15, -0.1) is 0 Å². The molecule has 5 heteroatoms. The number of benzene rings is 1. The van der Waals surface area contributed by atoms with E-state index in [-0.39, 0.29) is 10.6 Å². The first kappa shape index (κ1) is 12.2. The minimum Gasteiger partial charge on any atom is -0.312 e. The van der Waals surface area contributed by atoms with Gasteiger partial charge in [-0.2, -0.15) is 0 Å². The van der Waals surface area contributed by atoms with Gasteiger partial charge in [-0.25, -0.2) is 4.98 Å². The van der Waals surface area contributed by atoms with E-state index in [1.165, 1.54) is 29.2 Å². The van der Waals surface area contributed by atoms with Crippen molar-refractivity contribution >= 4 is 23.4 Å². The number of hydrogen-bond acceptors (Lipinski definition) is 3. The summed E-state index contributed by atoms with van der Waals surface area (Å²) in [5.41, 5.74) is 2.13. The van der Waals surface area contributed by atoms with Crippen molar-refractivity contribution in [2.45, 2.75) is 23.8 Å². The summed E-state index contributed by atoms with van der Waals surface area (Å²) in [5.74, 6) is 0. The zero-order chi connectivity index (χ0) is 12.4. The van der Waals surface area contributed by atoms with Gasteiger partial charge in [0.2, 0.25) is 0 Å². The van der Waals surface area contributed by atoms with Crippen LogP contribution < -0.4 is 5.56 Å². The van der Waals surface area contributed by atoms with Gasteiger partial charge in [0.25, 0.3) is 5.56 Å². The van der Waals surface area contributed by atoms with Crippen LogP contribution in [0.15, 0.2) is 39.2 Å². The predicted molar refractivity (Wildman–Crippen MR) is 69.9 cm³/mol. The molecule has 3 nitrogen and oxygen atoms in total. The van der Waals surface area contributed by atoms with Gasteiger partial charge in [-0.1, -0.05) is 29.4 Å². The molecule has 88 valence electrons. The second kappa shape index (κ2) is 4.94.